The summed E-state index contributed by atoms with van der Waals surface area (Å²) in [5, 5.41) is 4.20. The number of hydrogen-bond acceptors (Lipinski definition) is 5. The lowest BCUT2D eigenvalue weighted by atomic mass is 10.2. The largest absolute Gasteiger partial charge is 0.461 e. The zero-order valence-corrected chi connectivity index (χ0v) is 14.3. The second-order valence-corrected chi connectivity index (χ2v) is 5.75. The minimum absolute atomic E-state index is 0.281. The van der Waals surface area contributed by atoms with Crippen LogP contribution < -0.4 is 10.6 Å². The van der Waals surface area contributed by atoms with Crippen LogP contribution in [0.1, 0.15) is 5.56 Å². The number of amides is 2. The topological polar surface area (TPSA) is 103 Å². The van der Waals surface area contributed by atoms with Crippen molar-refractivity contribution < 1.29 is 9.21 Å². The van der Waals surface area contributed by atoms with Gasteiger partial charge in [0.05, 0.1) is 12.8 Å². The summed E-state index contributed by atoms with van der Waals surface area (Å²) in [5.74, 6) is 1.67. The van der Waals surface area contributed by atoms with Crippen LogP contribution in [0.5, 0.6) is 0 Å². The van der Waals surface area contributed by atoms with E-state index in [4.69, 9.17) is 10.2 Å². The van der Waals surface area contributed by atoms with Crippen LogP contribution >= 0.6 is 0 Å². The van der Waals surface area contributed by atoms with Crippen molar-refractivity contribution in [3.05, 3.63) is 78.8 Å². The average molecular weight is 360 g/mol. The zero-order valence-electron chi connectivity index (χ0n) is 14.3. The molecule has 0 atom stereocenters. The van der Waals surface area contributed by atoms with E-state index in [0.29, 0.717) is 23.2 Å². The third-order valence-corrected chi connectivity index (χ3v) is 3.91. The van der Waals surface area contributed by atoms with Gasteiger partial charge in [0, 0.05) is 18.5 Å². The lowest BCUT2D eigenvalue weighted by Crippen LogP contribution is -2.36. The van der Waals surface area contributed by atoms with Crippen molar-refractivity contribution in [3.8, 4) is 17.4 Å². The molecule has 0 saturated carbocycles. The lowest BCUT2D eigenvalue weighted by molar-refractivity contribution is 0.253. The molecule has 3 aromatic heterocycles. The lowest BCUT2D eigenvalue weighted by Gasteiger charge is -2.20. The van der Waals surface area contributed by atoms with Crippen LogP contribution in [0.4, 0.5) is 10.6 Å². The van der Waals surface area contributed by atoms with E-state index in [-0.39, 0.29) is 6.54 Å². The number of carbonyl (C=O) groups is 1. The fourth-order valence-electron chi connectivity index (χ4n) is 2.64. The van der Waals surface area contributed by atoms with Crippen LogP contribution in [-0.2, 0) is 6.54 Å². The summed E-state index contributed by atoms with van der Waals surface area (Å²) in [6.07, 6.45) is 4.93. The zero-order chi connectivity index (χ0) is 18.6. The summed E-state index contributed by atoms with van der Waals surface area (Å²) >= 11 is 0. The highest BCUT2D eigenvalue weighted by Gasteiger charge is 2.19. The molecule has 0 bridgehead atoms. The predicted molar refractivity (Wildman–Crippen MR) is 99.1 cm³/mol. The van der Waals surface area contributed by atoms with Crippen molar-refractivity contribution in [3.63, 3.8) is 0 Å². The second-order valence-electron chi connectivity index (χ2n) is 5.75. The molecule has 134 valence electrons. The molecule has 4 aromatic rings. The monoisotopic (exact) mass is 360 g/mol. The van der Waals surface area contributed by atoms with Gasteiger partial charge in [0.1, 0.15) is 5.82 Å². The van der Waals surface area contributed by atoms with Crippen molar-refractivity contribution in [1.29, 1.82) is 0 Å². The number of primary amides is 1. The van der Waals surface area contributed by atoms with Crippen LogP contribution in [-0.4, -0.2) is 25.8 Å². The second kappa shape index (κ2) is 7.12. The van der Waals surface area contributed by atoms with Crippen LogP contribution in [0.3, 0.4) is 0 Å². The molecule has 4 rings (SSSR count). The average Bonchev–Trinajstić information content (AvgIpc) is 3.40. The van der Waals surface area contributed by atoms with Crippen LogP contribution in [0.2, 0.25) is 0 Å². The quantitative estimate of drug-likeness (QED) is 0.589. The first-order valence-electron chi connectivity index (χ1n) is 8.24. The Kier molecular flexibility index (Phi) is 4.36. The van der Waals surface area contributed by atoms with Gasteiger partial charge in [0.25, 0.3) is 0 Å². The number of hydrogen-bond donors (Lipinski definition) is 1. The summed E-state index contributed by atoms with van der Waals surface area (Å²) in [6.45, 7) is 0.281. The molecule has 27 heavy (non-hydrogen) atoms. The molecular weight excluding hydrogens is 344 g/mol. The molecule has 2 N–H and O–H groups in total. The van der Waals surface area contributed by atoms with E-state index in [9.17, 15) is 4.79 Å². The maximum absolute atomic E-state index is 12.1. The van der Waals surface area contributed by atoms with Crippen molar-refractivity contribution in [2.24, 2.45) is 5.73 Å². The van der Waals surface area contributed by atoms with Gasteiger partial charge < -0.3 is 10.2 Å². The first-order valence-corrected chi connectivity index (χ1v) is 8.24. The van der Waals surface area contributed by atoms with Gasteiger partial charge in [-0.2, -0.15) is 5.10 Å². The summed E-state index contributed by atoms with van der Waals surface area (Å²) in [7, 11) is 0. The van der Waals surface area contributed by atoms with Crippen LogP contribution in [0.25, 0.3) is 17.4 Å². The number of benzene rings is 1. The Balaban J connectivity index is 1.80. The van der Waals surface area contributed by atoms with Gasteiger partial charge >= 0.3 is 6.03 Å². The third kappa shape index (κ3) is 3.54. The molecule has 0 radical (unpaired) electrons. The van der Waals surface area contributed by atoms with E-state index in [1.54, 1.807) is 41.3 Å². The maximum Gasteiger partial charge on any atom is 0.320 e. The van der Waals surface area contributed by atoms with E-state index in [0.717, 1.165) is 5.56 Å². The highest BCUT2D eigenvalue weighted by molar-refractivity contribution is 5.90. The van der Waals surface area contributed by atoms with Crippen LogP contribution in [0.15, 0.2) is 77.7 Å². The van der Waals surface area contributed by atoms with Gasteiger partial charge in [-0.3, -0.25) is 4.90 Å². The first kappa shape index (κ1) is 16.5. The minimum atomic E-state index is -0.616. The number of aromatic nitrogens is 4. The molecule has 0 spiro atoms. The van der Waals surface area contributed by atoms with E-state index in [2.05, 4.69) is 15.1 Å². The molecule has 0 aliphatic heterocycles. The van der Waals surface area contributed by atoms with Gasteiger partial charge in [0.2, 0.25) is 0 Å². The number of rotatable bonds is 5. The molecule has 0 saturated heterocycles. The SMILES string of the molecule is NC(=O)N(Cc1ccccc1)c1cc(-n2cccn2)nc(-c2ccco2)n1. The van der Waals surface area contributed by atoms with Crippen molar-refractivity contribution in [1.82, 2.24) is 19.7 Å². The smallest absolute Gasteiger partial charge is 0.320 e. The molecule has 0 fully saturated rings. The molecule has 2 amide bonds. The third-order valence-electron chi connectivity index (χ3n) is 3.91. The molecule has 8 heteroatoms. The minimum Gasteiger partial charge on any atom is -0.461 e. The molecule has 0 aliphatic carbocycles. The Morgan fingerprint density at radius 2 is 1.96 bits per heavy atom. The fraction of sp³-hybridized carbons (Fsp3) is 0.0526. The van der Waals surface area contributed by atoms with Gasteiger partial charge in [-0.1, -0.05) is 30.3 Å². The number of nitrogens with two attached hydrogens (primary N) is 1. The highest BCUT2D eigenvalue weighted by Crippen LogP contribution is 2.23. The molecule has 1 aromatic carbocycles. The van der Waals surface area contributed by atoms with Crippen LogP contribution in [0, 0.1) is 0 Å². The standard InChI is InChI=1S/C19H16N6O2/c20-19(26)24(13-14-6-2-1-3-7-14)16-12-17(25-10-5-9-21-25)23-18(22-16)15-8-4-11-27-15/h1-12H,13H2,(H2,20,26). The van der Waals surface area contributed by atoms with E-state index >= 15 is 0 Å². The molecule has 0 unspecified atom stereocenters. The molecule has 0 aliphatic rings. The summed E-state index contributed by atoms with van der Waals surface area (Å²) in [4.78, 5) is 22.5. The molecule has 8 nitrogen and oxygen atoms in total. The molecular formula is C19H16N6O2. The summed E-state index contributed by atoms with van der Waals surface area (Å²) in [5.41, 5.74) is 6.56. The number of nitrogens with zero attached hydrogens (tertiary/aromatic N) is 5. The maximum atomic E-state index is 12.1. The van der Waals surface area contributed by atoms with Crippen molar-refractivity contribution in [2.75, 3.05) is 4.90 Å². The summed E-state index contributed by atoms with van der Waals surface area (Å²) < 4.78 is 7.00. The van der Waals surface area contributed by atoms with Gasteiger partial charge in [0.15, 0.2) is 17.4 Å². The van der Waals surface area contributed by atoms with Gasteiger partial charge in [-0.15, -0.1) is 0 Å². The highest BCUT2D eigenvalue weighted by atomic mass is 16.3. The van der Waals surface area contributed by atoms with E-state index in [1.165, 1.54) is 11.2 Å². The predicted octanol–water partition coefficient (Wildman–Crippen LogP) is 3.01. The normalized spacial score (nSPS) is 10.7. The van der Waals surface area contributed by atoms with Gasteiger partial charge in [-0.05, 0) is 23.8 Å². The number of carbonyl (C=O) groups excluding carboxylic acids is 1. The summed E-state index contributed by atoms with van der Waals surface area (Å²) in [6, 6.07) is 15.9. The number of furan rings is 1. The first-order chi connectivity index (χ1) is 13.2. The Hall–Kier alpha value is -3.94. The van der Waals surface area contributed by atoms with E-state index < -0.39 is 6.03 Å². The van der Waals surface area contributed by atoms with E-state index in [1.807, 2.05) is 30.3 Å². The fourth-order valence-corrected chi connectivity index (χ4v) is 2.64. The number of urea groups is 1. The Morgan fingerprint density at radius 3 is 2.63 bits per heavy atom. The van der Waals surface area contributed by atoms with Gasteiger partial charge in [-0.25, -0.2) is 19.4 Å². The van der Waals surface area contributed by atoms with Crippen molar-refractivity contribution >= 4 is 11.8 Å². The Morgan fingerprint density at radius 1 is 1.11 bits per heavy atom. The number of anilines is 1. The Bertz CT molecular complexity index is 977. The molecule has 3 heterocycles. The Labute approximate surface area is 154 Å². The van der Waals surface area contributed by atoms with Crippen molar-refractivity contribution in [2.45, 2.75) is 6.54 Å².